The maximum atomic E-state index is 10.8. The van der Waals surface area contributed by atoms with Crippen LogP contribution >= 0.6 is 0 Å². The van der Waals surface area contributed by atoms with E-state index in [9.17, 15) is 9.90 Å². The molecule has 0 saturated heterocycles. The number of carbonyl (C=O) groups is 1. The molecule has 0 atom stereocenters. The van der Waals surface area contributed by atoms with Gasteiger partial charge in [0.15, 0.2) is 0 Å². The Hall–Kier alpha value is -1.45. The summed E-state index contributed by atoms with van der Waals surface area (Å²) in [5.41, 5.74) is 0.382. The Morgan fingerprint density at radius 1 is 1.50 bits per heavy atom. The lowest BCUT2D eigenvalue weighted by Crippen LogP contribution is -2.09. The summed E-state index contributed by atoms with van der Waals surface area (Å²) in [6.45, 7) is 0. The molecule has 1 aromatic rings. The second kappa shape index (κ2) is 3.81. The van der Waals surface area contributed by atoms with Gasteiger partial charge in [0.2, 0.25) is 5.91 Å². The summed E-state index contributed by atoms with van der Waals surface area (Å²) >= 11 is 0. The van der Waals surface area contributed by atoms with E-state index in [1.165, 1.54) is 6.07 Å². The molecule has 0 aliphatic carbocycles. The number of carbonyl (C=O) groups excluding carboxylic acids is 1. The third-order valence-electron chi connectivity index (χ3n) is 1.36. The van der Waals surface area contributed by atoms with Crippen molar-refractivity contribution in [2.24, 2.45) is 0 Å². The molecule has 2 N–H and O–H groups in total. The fourth-order valence-electron chi connectivity index (χ4n) is 0.781. The van der Waals surface area contributed by atoms with Crippen LogP contribution in [-0.4, -0.2) is 18.9 Å². The molecule has 2 radical (unpaired) electrons. The molecule has 0 aliphatic heterocycles. The summed E-state index contributed by atoms with van der Waals surface area (Å²) in [6, 6.07) is 6.48. The Kier molecular flexibility index (Phi) is 2.74. The van der Waals surface area contributed by atoms with Crippen molar-refractivity contribution < 1.29 is 9.90 Å². The molecule has 12 heavy (non-hydrogen) atoms. The summed E-state index contributed by atoms with van der Waals surface area (Å²) in [7, 11) is 5.08. The van der Waals surface area contributed by atoms with Gasteiger partial charge in [-0.3, -0.25) is 4.79 Å². The van der Waals surface area contributed by atoms with Crippen molar-refractivity contribution in [2.75, 3.05) is 5.32 Å². The largest absolute Gasteiger partial charge is 0.506 e. The monoisotopic (exact) mass is 161 g/mol. The zero-order valence-electron chi connectivity index (χ0n) is 6.45. The minimum absolute atomic E-state index is 0.0410. The first-order chi connectivity index (χ1) is 5.74. The standard InChI is InChI=1S/C8H8BNO2/c9-5-8(12)10-6-3-1-2-4-7(6)11/h1-4,11H,5H2,(H,10,12). The topological polar surface area (TPSA) is 49.3 Å². The highest BCUT2D eigenvalue weighted by molar-refractivity contribution is 6.22. The van der Waals surface area contributed by atoms with Gasteiger partial charge < -0.3 is 10.4 Å². The van der Waals surface area contributed by atoms with E-state index in [0.717, 1.165) is 0 Å². The lowest BCUT2D eigenvalue weighted by molar-refractivity contribution is -0.114. The molecule has 0 fully saturated rings. The first kappa shape index (κ1) is 8.65. The summed E-state index contributed by atoms with van der Waals surface area (Å²) in [6.07, 6.45) is -0.0890. The van der Waals surface area contributed by atoms with Crippen LogP contribution in [0.25, 0.3) is 0 Å². The van der Waals surface area contributed by atoms with Gasteiger partial charge in [-0.1, -0.05) is 12.1 Å². The van der Waals surface area contributed by atoms with Crippen molar-refractivity contribution in [3.05, 3.63) is 24.3 Å². The Morgan fingerprint density at radius 3 is 2.75 bits per heavy atom. The number of benzene rings is 1. The first-order valence-corrected chi connectivity index (χ1v) is 3.52. The Labute approximate surface area is 71.8 Å². The van der Waals surface area contributed by atoms with Gasteiger partial charge in [0.05, 0.1) is 13.5 Å². The molecule has 1 aromatic carbocycles. The van der Waals surface area contributed by atoms with Crippen molar-refractivity contribution in [2.45, 2.75) is 6.32 Å². The molecule has 3 nitrogen and oxygen atoms in total. The van der Waals surface area contributed by atoms with Crippen molar-refractivity contribution in [1.29, 1.82) is 0 Å². The third-order valence-corrected chi connectivity index (χ3v) is 1.36. The fourth-order valence-corrected chi connectivity index (χ4v) is 0.781. The molecule has 0 bridgehead atoms. The molecular formula is C8H8BNO2. The average molecular weight is 161 g/mol. The van der Waals surface area contributed by atoms with E-state index >= 15 is 0 Å². The molecule has 0 heterocycles. The highest BCUT2D eigenvalue weighted by Crippen LogP contribution is 2.21. The summed E-state index contributed by atoms with van der Waals surface area (Å²) in [5, 5.41) is 11.6. The number of hydrogen-bond acceptors (Lipinski definition) is 2. The molecule has 1 amide bonds. The van der Waals surface area contributed by atoms with Crippen molar-refractivity contribution in [3.8, 4) is 5.75 Å². The molecular weight excluding hydrogens is 153 g/mol. The predicted molar refractivity (Wildman–Crippen MR) is 47.3 cm³/mol. The van der Waals surface area contributed by atoms with Crippen LogP contribution in [0, 0.1) is 0 Å². The summed E-state index contributed by atoms with van der Waals surface area (Å²) < 4.78 is 0. The quantitative estimate of drug-likeness (QED) is 0.500. The summed E-state index contributed by atoms with van der Waals surface area (Å²) in [4.78, 5) is 10.8. The van der Waals surface area contributed by atoms with Crippen LogP contribution in [0.5, 0.6) is 5.75 Å². The number of amides is 1. The van der Waals surface area contributed by atoms with Crippen molar-refractivity contribution >= 4 is 19.4 Å². The van der Waals surface area contributed by atoms with Crippen LogP contribution in [-0.2, 0) is 4.79 Å². The van der Waals surface area contributed by atoms with E-state index in [-0.39, 0.29) is 18.0 Å². The van der Waals surface area contributed by atoms with Crippen LogP contribution < -0.4 is 5.32 Å². The minimum Gasteiger partial charge on any atom is -0.506 e. The number of phenols is 1. The Morgan fingerprint density at radius 2 is 2.17 bits per heavy atom. The second-order valence-corrected chi connectivity index (χ2v) is 2.27. The SMILES string of the molecule is [B]CC(=O)Nc1ccccc1O. The number of aromatic hydroxyl groups is 1. The molecule has 0 aliphatic rings. The van der Waals surface area contributed by atoms with Crippen LogP contribution in [0.4, 0.5) is 5.69 Å². The van der Waals surface area contributed by atoms with Gasteiger partial charge in [-0.2, -0.15) is 0 Å². The van der Waals surface area contributed by atoms with Crippen LogP contribution in [0.1, 0.15) is 0 Å². The van der Waals surface area contributed by atoms with E-state index in [1.807, 2.05) is 0 Å². The van der Waals surface area contributed by atoms with Gasteiger partial charge in [0.25, 0.3) is 0 Å². The summed E-state index contributed by atoms with van der Waals surface area (Å²) in [5.74, 6) is -0.282. The normalized spacial score (nSPS) is 9.33. The number of phenolic OH excluding ortho intramolecular Hbond substituents is 1. The van der Waals surface area contributed by atoms with E-state index in [0.29, 0.717) is 5.69 Å². The predicted octanol–water partition coefficient (Wildman–Crippen LogP) is 0.917. The number of rotatable bonds is 2. The maximum absolute atomic E-state index is 10.8. The highest BCUT2D eigenvalue weighted by Gasteiger charge is 2.01. The van der Waals surface area contributed by atoms with Crippen LogP contribution in [0.2, 0.25) is 6.32 Å². The highest BCUT2D eigenvalue weighted by atomic mass is 16.3. The first-order valence-electron chi connectivity index (χ1n) is 3.52. The van der Waals surface area contributed by atoms with E-state index in [2.05, 4.69) is 5.32 Å². The molecule has 0 aromatic heterocycles. The van der Waals surface area contributed by atoms with Crippen LogP contribution in [0.3, 0.4) is 0 Å². The third kappa shape index (κ3) is 2.02. The van der Waals surface area contributed by atoms with E-state index in [4.69, 9.17) is 7.85 Å². The lowest BCUT2D eigenvalue weighted by atomic mass is 10.0. The Bertz CT molecular complexity index is 288. The van der Waals surface area contributed by atoms with E-state index in [1.54, 1.807) is 18.2 Å². The van der Waals surface area contributed by atoms with Gasteiger partial charge in [0.1, 0.15) is 5.75 Å². The van der Waals surface area contributed by atoms with Gasteiger partial charge in [-0.25, -0.2) is 0 Å². The van der Waals surface area contributed by atoms with Gasteiger partial charge in [0, 0.05) is 0 Å². The number of hydrogen-bond donors (Lipinski definition) is 2. The van der Waals surface area contributed by atoms with Crippen molar-refractivity contribution in [3.63, 3.8) is 0 Å². The zero-order chi connectivity index (χ0) is 8.97. The number of para-hydroxylation sites is 2. The fraction of sp³-hybridized carbons (Fsp3) is 0.125. The molecule has 0 unspecified atom stereocenters. The van der Waals surface area contributed by atoms with Gasteiger partial charge in [-0.05, 0) is 18.5 Å². The number of nitrogens with one attached hydrogen (secondary N) is 1. The lowest BCUT2D eigenvalue weighted by Gasteiger charge is -2.04. The second-order valence-electron chi connectivity index (χ2n) is 2.27. The molecule has 0 saturated carbocycles. The number of anilines is 1. The molecule has 4 heteroatoms. The maximum Gasteiger partial charge on any atom is 0.215 e. The van der Waals surface area contributed by atoms with Crippen LogP contribution in [0.15, 0.2) is 24.3 Å². The van der Waals surface area contributed by atoms with Gasteiger partial charge in [-0.15, -0.1) is 0 Å². The minimum atomic E-state index is -0.323. The van der Waals surface area contributed by atoms with Crippen molar-refractivity contribution in [1.82, 2.24) is 0 Å². The average Bonchev–Trinajstić information content (AvgIpc) is 2.09. The zero-order valence-corrected chi connectivity index (χ0v) is 6.45. The van der Waals surface area contributed by atoms with Gasteiger partial charge >= 0.3 is 0 Å². The molecule has 1 rings (SSSR count). The molecule has 60 valence electrons. The Balaban J connectivity index is 2.75. The smallest absolute Gasteiger partial charge is 0.215 e. The molecule has 0 spiro atoms. The van der Waals surface area contributed by atoms with E-state index < -0.39 is 0 Å².